The van der Waals surface area contributed by atoms with Gasteiger partial charge in [-0.25, -0.2) is 9.98 Å². The molecule has 0 atom stereocenters. The lowest BCUT2D eigenvalue weighted by molar-refractivity contribution is -0.145. The van der Waals surface area contributed by atoms with Crippen molar-refractivity contribution in [3.8, 4) is 12.1 Å². The van der Waals surface area contributed by atoms with Crippen LogP contribution in [0.15, 0.2) is 70.9 Å². The van der Waals surface area contributed by atoms with Gasteiger partial charge in [0.2, 0.25) is 0 Å². The van der Waals surface area contributed by atoms with Crippen molar-refractivity contribution in [1.82, 2.24) is 8.80 Å². The van der Waals surface area contributed by atoms with Crippen molar-refractivity contribution in [3.63, 3.8) is 0 Å². The molecule has 0 N–H and O–H groups in total. The topological polar surface area (TPSA) is 81.1 Å². The van der Waals surface area contributed by atoms with Crippen LogP contribution in [0.5, 0.6) is 0 Å². The van der Waals surface area contributed by atoms with Gasteiger partial charge in [0.1, 0.15) is 33.9 Å². The van der Waals surface area contributed by atoms with Gasteiger partial charge in [-0.2, -0.15) is 63.2 Å². The van der Waals surface area contributed by atoms with E-state index in [1.54, 1.807) is 0 Å². The minimum atomic E-state index is -5.58. The summed E-state index contributed by atoms with van der Waals surface area (Å²) in [5, 5.41) is 17.2. The van der Waals surface area contributed by atoms with E-state index >= 15 is 0 Å². The maximum atomic E-state index is 14.8. The Kier molecular flexibility index (Phi) is 7.31. The number of fused-ring (bicyclic) bond motifs is 2. The second-order valence-corrected chi connectivity index (χ2v) is 9.46. The predicted octanol–water partition coefficient (Wildman–Crippen LogP) is 7.91. The molecule has 0 saturated carbocycles. The van der Waals surface area contributed by atoms with Gasteiger partial charge in [0.15, 0.2) is 11.4 Å². The first-order valence-electron chi connectivity index (χ1n) is 12.2. The summed E-state index contributed by atoms with van der Waals surface area (Å²) in [4.78, 5) is 7.42. The van der Waals surface area contributed by atoms with E-state index in [2.05, 4.69) is 9.98 Å². The normalized spacial score (nSPS) is 13.9. The van der Waals surface area contributed by atoms with Crippen LogP contribution in [-0.4, -0.2) is 8.80 Å². The second kappa shape index (κ2) is 10.5. The molecule has 5 aromatic rings. The molecule has 0 bridgehead atoms. The number of nitrogens with zero attached hydrogens (tertiary/aromatic N) is 6. The largest absolute Gasteiger partial charge is 0.433 e. The molecular weight excluding hydrogens is 648 g/mol. The van der Waals surface area contributed by atoms with Crippen LogP contribution >= 0.6 is 0 Å². The van der Waals surface area contributed by atoms with Gasteiger partial charge in [0.05, 0.1) is 33.6 Å². The molecule has 3 heterocycles. The van der Waals surface area contributed by atoms with Crippen molar-refractivity contribution < 1.29 is 52.7 Å². The number of alkyl halides is 12. The van der Waals surface area contributed by atoms with Gasteiger partial charge in [-0.15, -0.1) is 0 Å². The first kappa shape index (κ1) is 31.9. The summed E-state index contributed by atoms with van der Waals surface area (Å²) >= 11 is 0. The van der Waals surface area contributed by atoms with E-state index in [-0.39, 0.29) is 8.80 Å². The average molecular weight is 658 g/mol. The molecule has 0 unspecified atom stereocenters. The fourth-order valence-corrected chi connectivity index (χ4v) is 4.72. The van der Waals surface area contributed by atoms with Crippen LogP contribution in [0.3, 0.4) is 0 Å². The smallest absolute Gasteiger partial charge is 0.306 e. The van der Waals surface area contributed by atoms with Gasteiger partial charge < -0.3 is 8.80 Å². The summed E-state index contributed by atoms with van der Waals surface area (Å²) in [6, 6.07) is 8.27. The quantitative estimate of drug-likeness (QED) is 0.181. The number of aromatic nitrogens is 2. The fraction of sp³-hybridized carbons (Fsp3) is 0.143. The maximum Gasteiger partial charge on any atom is 0.433 e. The molecule has 3 aromatic heterocycles. The Morgan fingerprint density at radius 1 is 0.522 bits per heavy atom. The van der Waals surface area contributed by atoms with Crippen LogP contribution in [-0.2, 0) is 24.7 Å². The number of hydrogen-bond donors (Lipinski definition) is 0. The van der Waals surface area contributed by atoms with Crippen molar-refractivity contribution in [2.75, 3.05) is 0 Å². The van der Waals surface area contributed by atoms with Gasteiger partial charge in [-0.05, 0) is 36.4 Å². The van der Waals surface area contributed by atoms with Crippen LogP contribution in [0, 0.1) is 22.7 Å². The van der Waals surface area contributed by atoms with Gasteiger partial charge in [-0.1, -0.05) is 12.1 Å². The minimum Gasteiger partial charge on any atom is -0.306 e. The summed E-state index contributed by atoms with van der Waals surface area (Å²) in [5.41, 5.74) is -12.4. The van der Waals surface area contributed by atoms with Crippen LogP contribution in [0.25, 0.3) is 11.0 Å². The van der Waals surface area contributed by atoms with Gasteiger partial charge >= 0.3 is 24.7 Å². The van der Waals surface area contributed by atoms with E-state index in [4.69, 9.17) is 0 Å². The molecule has 236 valence electrons. The molecule has 18 heteroatoms. The molecule has 0 radical (unpaired) electrons. The molecule has 0 aliphatic heterocycles. The highest BCUT2D eigenvalue weighted by atomic mass is 19.4. The van der Waals surface area contributed by atoms with Gasteiger partial charge in [-0.3, -0.25) is 0 Å². The molecule has 46 heavy (non-hydrogen) atoms. The third kappa shape index (κ3) is 5.57. The Bertz CT molecular complexity index is 2080. The first-order valence-corrected chi connectivity index (χ1v) is 12.2. The fourth-order valence-electron chi connectivity index (χ4n) is 4.72. The predicted molar refractivity (Wildman–Crippen MR) is 132 cm³/mol. The lowest BCUT2D eigenvalue weighted by Gasteiger charge is -2.18. The Morgan fingerprint density at radius 3 is 1.15 bits per heavy atom. The van der Waals surface area contributed by atoms with Crippen LogP contribution < -0.4 is 10.7 Å². The first-order chi connectivity index (χ1) is 21.3. The molecule has 0 amide bonds. The van der Waals surface area contributed by atoms with Crippen LogP contribution in [0.2, 0.25) is 0 Å². The molecular formula is C28H10F12N6. The summed E-state index contributed by atoms with van der Waals surface area (Å²) in [6.07, 6.45) is -20.4. The van der Waals surface area contributed by atoms with Gasteiger partial charge in [0, 0.05) is 12.4 Å². The van der Waals surface area contributed by atoms with Crippen LogP contribution in [0.1, 0.15) is 33.6 Å². The molecule has 0 fully saturated rings. The number of rotatable bonds is 2. The number of halogens is 12. The highest BCUT2D eigenvalue weighted by Gasteiger charge is 2.44. The Labute approximate surface area is 247 Å². The summed E-state index contributed by atoms with van der Waals surface area (Å²) in [6.45, 7) is 0. The number of nitriles is 2. The lowest BCUT2D eigenvalue weighted by atomic mass is 10.2. The second-order valence-electron chi connectivity index (χ2n) is 9.46. The standard InChI is InChI=1S/C28H10F12N6/c29-25(30,31)15-3-1-5-17(7-15)43-19-13(9-41)11-45-21(19)23(27(35,36)37)46-12-14(10-42)20(22(46)24(45)28(38,39)40)44-18-6-2-4-16(8-18)26(32,33)34/h1-8,11-12H/b43-19+,44-20+. The minimum absolute atomic E-state index is 0.102. The van der Waals surface area contributed by atoms with Crippen molar-refractivity contribution >= 4 is 22.4 Å². The Balaban J connectivity index is 2.04. The van der Waals surface area contributed by atoms with E-state index in [1.165, 1.54) is 12.1 Å². The number of hydrogen-bond acceptors (Lipinski definition) is 4. The molecule has 5 rings (SSSR count). The molecule has 2 aromatic carbocycles. The van der Waals surface area contributed by atoms with Crippen molar-refractivity contribution in [3.05, 3.63) is 105 Å². The maximum absolute atomic E-state index is 14.8. The highest BCUT2D eigenvalue weighted by molar-refractivity contribution is 5.70. The third-order valence-electron chi connectivity index (χ3n) is 6.49. The van der Waals surface area contributed by atoms with Gasteiger partial charge in [0.25, 0.3) is 0 Å². The van der Waals surface area contributed by atoms with Crippen molar-refractivity contribution in [1.29, 1.82) is 10.5 Å². The van der Waals surface area contributed by atoms with E-state index < -0.39 is 91.5 Å². The van der Waals surface area contributed by atoms with E-state index in [1.807, 2.05) is 0 Å². The zero-order valence-corrected chi connectivity index (χ0v) is 22.0. The molecule has 0 aliphatic rings. The molecule has 6 nitrogen and oxygen atoms in total. The van der Waals surface area contributed by atoms with E-state index in [0.717, 1.165) is 24.3 Å². The van der Waals surface area contributed by atoms with Crippen molar-refractivity contribution in [2.24, 2.45) is 9.98 Å². The zero-order valence-electron chi connectivity index (χ0n) is 22.0. The third-order valence-corrected chi connectivity index (χ3v) is 6.49. The van der Waals surface area contributed by atoms with Crippen molar-refractivity contribution in [2.45, 2.75) is 24.7 Å². The number of benzene rings is 2. The summed E-state index contributed by atoms with van der Waals surface area (Å²) < 4.78 is 168. The van der Waals surface area contributed by atoms with E-state index in [0.29, 0.717) is 36.7 Å². The average Bonchev–Trinajstić information content (AvgIpc) is 3.47. The monoisotopic (exact) mass is 658 g/mol. The summed E-state index contributed by atoms with van der Waals surface area (Å²) in [7, 11) is 0. The SMILES string of the molecule is N#Cc1cn2c(C(F)(F)F)c3/c(=N/c4cccc(C(F)(F)F)c4)c(C#N)cn3c(C(F)(F)F)c2/c1=N/c1cccc(C(F)(F)F)c1. The molecule has 0 saturated heterocycles. The van der Waals surface area contributed by atoms with E-state index in [9.17, 15) is 63.2 Å². The van der Waals surface area contributed by atoms with Crippen LogP contribution in [0.4, 0.5) is 64.1 Å². The summed E-state index contributed by atoms with van der Waals surface area (Å²) in [5.74, 6) is 0. The lowest BCUT2D eigenvalue weighted by Crippen LogP contribution is -2.24. The Hall–Kier alpha value is -5.52. The Morgan fingerprint density at radius 2 is 0.870 bits per heavy atom. The molecule has 0 spiro atoms. The highest BCUT2D eigenvalue weighted by Crippen LogP contribution is 2.40. The molecule has 0 aliphatic carbocycles. The zero-order chi connectivity index (χ0) is 34.0.